The summed E-state index contributed by atoms with van der Waals surface area (Å²) in [6.45, 7) is 3.89. The van der Waals surface area contributed by atoms with Gasteiger partial charge in [0.15, 0.2) is 0 Å². The van der Waals surface area contributed by atoms with Crippen LogP contribution in [-0.4, -0.2) is 16.5 Å². The summed E-state index contributed by atoms with van der Waals surface area (Å²) < 4.78 is 0. The van der Waals surface area contributed by atoms with Crippen molar-refractivity contribution in [2.75, 3.05) is 0 Å². The van der Waals surface area contributed by atoms with Crippen LogP contribution in [0.1, 0.15) is 33.1 Å². The highest BCUT2D eigenvalue weighted by Gasteiger charge is 2.52. The summed E-state index contributed by atoms with van der Waals surface area (Å²) in [6.07, 6.45) is 2.52. The van der Waals surface area contributed by atoms with Crippen molar-refractivity contribution in [3.63, 3.8) is 0 Å². The molecule has 2 rings (SSSR count). The van der Waals surface area contributed by atoms with Crippen molar-refractivity contribution in [2.24, 2.45) is 17.8 Å². The van der Waals surface area contributed by atoms with Gasteiger partial charge in [-0.25, -0.2) is 0 Å². The molecule has 0 bridgehead atoms. The fourth-order valence-corrected chi connectivity index (χ4v) is 2.92. The Morgan fingerprint density at radius 2 is 2.25 bits per heavy atom. The van der Waals surface area contributed by atoms with Gasteiger partial charge in [-0.2, -0.15) is 0 Å². The number of rotatable bonds is 0. The molecule has 12 heavy (non-hydrogen) atoms. The molecule has 2 fully saturated rings. The highest BCUT2D eigenvalue weighted by atomic mass is 16.3. The molecule has 0 spiro atoms. The van der Waals surface area contributed by atoms with E-state index in [0.29, 0.717) is 18.1 Å². The summed E-state index contributed by atoms with van der Waals surface area (Å²) in [7, 11) is 0. The van der Waals surface area contributed by atoms with E-state index in [4.69, 9.17) is 0 Å². The van der Waals surface area contributed by atoms with Crippen molar-refractivity contribution in [3.05, 3.63) is 0 Å². The van der Waals surface area contributed by atoms with Crippen molar-refractivity contribution < 1.29 is 9.90 Å². The van der Waals surface area contributed by atoms with Gasteiger partial charge in [-0.15, -0.1) is 0 Å². The number of carbonyl (C=O) groups is 1. The maximum atomic E-state index is 11.4. The molecule has 0 aromatic rings. The Bertz CT molecular complexity index is 220. The molecular weight excluding hydrogens is 152 g/mol. The molecule has 0 aromatic carbocycles. The Morgan fingerprint density at radius 3 is 2.83 bits per heavy atom. The minimum atomic E-state index is -0.564. The van der Waals surface area contributed by atoms with Crippen molar-refractivity contribution in [1.82, 2.24) is 0 Å². The first-order valence-corrected chi connectivity index (χ1v) is 4.77. The number of carbonyl (C=O) groups excluding carboxylic acids is 1. The lowest BCUT2D eigenvalue weighted by atomic mass is 9.88. The van der Waals surface area contributed by atoms with E-state index >= 15 is 0 Å². The van der Waals surface area contributed by atoms with Crippen LogP contribution < -0.4 is 0 Å². The van der Waals surface area contributed by atoms with E-state index in [1.165, 1.54) is 0 Å². The predicted octanol–water partition coefficient (Wildman–Crippen LogP) is 1.37. The maximum absolute atomic E-state index is 11.4. The van der Waals surface area contributed by atoms with E-state index in [2.05, 4.69) is 0 Å². The Morgan fingerprint density at radius 1 is 1.58 bits per heavy atom. The molecule has 68 valence electrons. The molecule has 2 aliphatic rings. The molecule has 0 unspecified atom stereocenters. The third-order valence-electron chi connectivity index (χ3n) is 3.87. The average Bonchev–Trinajstić information content (AvgIpc) is 2.40. The van der Waals surface area contributed by atoms with Gasteiger partial charge in [-0.05, 0) is 31.6 Å². The topological polar surface area (TPSA) is 37.3 Å². The van der Waals surface area contributed by atoms with Gasteiger partial charge in [-0.3, -0.25) is 4.79 Å². The van der Waals surface area contributed by atoms with Gasteiger partial charge in [0.2, 0.25) is 0 Å². The van der Waals surface area contributed by atoms with Gasteiger partial charge in [0, 0.05) is 12.3 Å². The molecule has 2 saturated carbocycles. The lowest BCUT2D eigenvalue weighted by molar-refractivity contribution is -0.121. The van der Waals surface area contributed by atoms with Gasteiger partial charge in [0.1, 0.15) is 5.78 Å². The van der Waals surface area contributed by atoms with Crippen LogP contribution >= 0.6 is 0 Å². The van der Waals surface area contributed by atoms with Crippen LogP contribution in [0.3, 0.4) is 0 Å². The van der Waals surface area contributed by atoms with E-state index in [-0.39, 0.29) is 11.8 Å². The standard InChI is InChI=1S/C10H16O2/c1-6-7-3-4-10(2,12)8(7)5-9(6)11/h6-8,12H,3-5H2,1-2H3/t6-,7-,8+,10-/m1/s1. The molecule has 0 saturated heterocycles. The summed E-state index contributed by atoms with van der Waals surface area (Å²) in [4.78, 5) is 11.4. The molecule has 0 amide bonds. The number of hydrogen-bond donors (Lipinski definition) is 1. The van der Waals surface area contributed by atoms with Gasteiger partial charge < -0.3 is 5.11 Å². The van der Waals surface area contributed by atoms with Crippen LogP contribution in [-0.2, 0) is 4.79 Å². The molecule has 0 aromatic heterocycles. The normalized spacial score (nSPS) is 52.9. The smallest absolute Gasteiger partial charge is 0.136 e. The van der Waals surface area contributed by atoms with E-state index in [9.17, 15) is 9.90 Å². The molecule has 4 atom stereocenters. The zero-order valence-corrected chi connectivity index (χ0v) is 7.71. The van der Waals surface area contributed by atoms with E-state index < -0.39 is 5.60 Å². The van der Waals surface area contributed by atoms with Crippen LogP contribution in [0.5, 0.6) is 0 Å². The lowest BCUT2D eigenvalue weighted by Gasteiger charge is -2.24. The second-order valence-corrected chi connectivity index (χ2v) is 4.63. The summed E-state index contributed by atoms with van der Waals surface area (Å²) in [5.74, 6) is 1.27. The first kappa shape index (κ1) is 8.24. The summed E-state index contributed by atoms with van der Waals surface area (Å²) in [5, 5.41) is 9.95. The second kappa shape index (κ2) is 2.32. The van der Waals surface area contributed by atoms with Crippen molar-refractivity contribution in [2.45, 2.75) is 38.7 Å². The molecule has 0 heterocycles. The van der Waals surface area contributed by atoms with Crippen LogP contribution in [0.25, 0.3) is 0 Å². The Kier molecular flexibility index (Phi) is 1.59. The number of hydrogen-bond acceptors (Lipinski definition) is 2. The van der Waals surface area contributed by atoms with Crippen LogP contribution in [0, 0.1) is 17.8 Å². The first-order chi connectivity index (χ1) is 5.52. The SMILES string of the molecule is C[C@H]1C(=O)C[C@H]2[C@@H]1CC[C@@]2(C)O. The average molecular weight is 168 g/mol. The quantitative estimate of drug-likeness (QED) is 0.593. The third-order valence-corrected chi connectivity index (χ3v) is 3.87. The third kappa shape index (κ3) is 0.939. The molecule has 0 aliphatic heterocycles. The van der Waals surface area contributed by atoms with E-state index in [1.54, 1.807) is 0 Å². The van der Waals surface area contributed by atoms with Crippen LogP contribution in [0.4, 0.5) is 0 Å². The number of fused-ring (bicyclic) bond motifs is 1. The first-order valence-electron chi connectivity index (χ1n) is 4.77. The summed E-state index contributed by atoms with van der Waals surface area (Å²) >= 11 is 0. The molecule has 2 nitrogen and oxygen atoms in total. The van der Waals surface area contributed by atoms with Gasteiger partial charge in [-0.1, -0.05) is 6.92 Å². The fraction of sp³-hybridized carbons (Fsp3) is 0.900. The fourth-order valence-electron chi connectivity index (χ4n) is 2.92. The number of ketones is 1. The summed E-state index contributed by atoms with van der Waals surface area (Å²) in [5.41, 5.74) is -0.564. The number of Topliss-reactive ketones (excluding diaryl/α,β-unsaturated/α-hetero) is 1. The van der Waals surface area contributed by atoms with Gasteiger partial charge >= 0.3 is 0 Å². The molecular formula is C10H16O2. The van der Waals surface area contributed by atoms with Crippen LogP contribution in [0.15, 0.2) is 0 Å². The lowest BCUT2D eigenvalue weighted by Crippen LogP contribution is -2.29. The van der Waals surface area contributed by atoms with E-state index in [1.807, 2.05) is 13.8 Å². The monoisotopic (exact) mass is 168 g/mol. The summed E-state index contributed by atoms with van der Waals surface area (Å²) in [6, 6.07) is 0. The van der Waals surface area contributed by atoms with Gasteiger partial charge in [0.25, 0.3) is 0 Å². The van der Waals surface area contributed by atoms with Crippen molar-refractivity contribution in [1.29, 1.82) is 0 Å². The minimum Gasteiger partial charge on any atom is -0.390 e. The molecule has 2 aliphatic carbocycles. The zero-order valence-electron chi connectivity index (χ0n) is 7.71. The second-order valence-electron chi connectivity index (χ2n) is 4.63. The zero-order chi connectivity index (χ0) is 8.93. The predicted molar refractivity (Wildman–Crippen MR) is 45.6 cm³/mol. The Hall–Kier alpha value is -0.370. The minimum absolute atomic E-state index is 0.198. The highest BCUT2D eigenvalue weighted by molar-refractivity contribution is 5.84. The van der Waals surface area contributed by atoms with Crippen molar-refractivity contribution >= 4 is 5.78 Å². The molecule has 1 N–H and O–H groups in total. The Labute approximate surface area is 73.0 Å². The van der Waals surface area contributed by atoms with Crippen LogP contribution in [0.2, 0.25) is 0 Å². The largest absolute Gasteiger partial charge is 0.390 e. The molecule has 0 radical (unpaired) electrons. The number of aliphatic hydroxyl groups is 1. The van der Waals surface area contributed by atoms with Gasteiger partial charge in [0.05, 0.1) is 5.60 Å². The maximum Gasteiger partial charge on any atom is 0.136 e. The van der Waals surface area contributed by atoms with E-state index in [0.717, 1.165) is 12.8 Å². The highest BCUT2D eigenvalue weighted by Crippen LogP contribution is 2.50. The Balaban J connectivity index is 2.24. The molecule has 2 heteroatoms. The van der Waals surface area contributed by atoms with Crippen molar-refractivity contribution in [3.8, 4) is 0 Å².